The smallest absolute Gasteiger partial charge is 0.309 e. The molecule has 0 amide bonds. The minimum atomic E-state index is -0.461. The summed E-state index contributed by atoms with van der Waals surface area (Å²) in [6, 6.07) is 15.3. The first kappa shape index (κ1) is 23.1. The lowest BCUT2D eigenvalue weighted by atomic mass is 9.94. The van der Waals surface area contributed by atoms with Gasteiger partial charge in [0, 0.05) is 6.42 Å². The Morgan fingerprint density at radius 2 is 1.23 bits per heavy atom. The summed E-state index contributed by atoms with van der Waals surface area (Å²) in [5.74, 6) is 1.60. The molecular weight excluding hydrogens is 396 g/mol. The molecule has 2 aliphatic rings. The SMILES string of the molecule is CC(O)c1ccc(OC2CCCC(Oc3ccc(C(C)O)cc3)C2)cc1.O=C1CCO1. The van der Waals surface area contributed by atoms with Crippen molar-refractivity contribution in [3.8, 4) is 11.5 Å². The fraction of sp³-hybridized carbons (Fsp3) is 0.480. The first-order chi connectivity index (χ1) is 14.9. The number of hydrogen-bond acceptors (Lipinski definition) is 6. The number of aliphatic hydroxyl groups is 2. The van der Waals surface area contributed by atoms with Crippen molar-refractivity contribution in [2.75, 3.05) is 6.61 Å². The van der Waals surface area contributed by atoms with Crippen LogP contribution in [0.3, 0.4) is 0 Å². The van der Waals surface area contributed by atoms with Crippen molar-refractivity contribution >= 4 is 5.97 Å². The van der Waals surface area contributed by atoms with Crippen LogP contribution in [0.15, 0.2) is 48.5 Å². The van der Waals surface area contributed by atoms with E-state index in [0.717, 1.165) is 48.3 Å². The molecule has 4 unspecified atom stereocenters. The Morgan fingerprint density at radius 1 is 0.839 bits per heavy atom. The van der Waals surface area contributed by atoms with Gasteiger partial charge in [0.05, 0.1) is 18.6 Å². The van der Waals surface area contributed by atoms with Crippen LogP contribution in [0.4, 0.5) is 0 Å². The number of cyclic esters (lactones) is 1. The van der Waals surface area contributed by atoms with E-state index in [-0.39, 0.29) is 18.2 Å². The summed E-state index contributed by atoms with van der Waals surface area (Å²) in [5.41, 5.74) is 1.78. The minimum Gasteiger partial charge on any atom is -0.490 e. The van der Waals surface area contributed by atoms with Crippen molar-refractivity contribution in [3.63, 3.8) is 0 Å². The molecular formula is C25H32O6. The van der Waals surface area contributed by atoms with Gasteiger partial charge < -0.3 is 24.4 Å². The number of carbonyl (C=O) groups is 1. The molecule has 0 spiro atoms. The van der Waals surface area contributed by atoms with Crippen LogP contribution in [0.25, 0.3) is 0 Å². The van der Waals surface area contributed by atoms with E-state index in [1.807, 2.05) is 48.5 Å². The number of hydrogen-bond donors (Lipinski definition) is 2. The highest BCUT2D eigenvalue weighted by atomic mass is 16.6. The Bertz CT molecular complexity index is 747. The van der Waals surface area contributed by atoms with Crippen molar-refractivity contribution in [3.05, 3.63) is 59.7 Å². The lowest BCUT2D eigenvalue weighted by molar-refractivity contribution is -0.157. The normalized spacial score (nSPS) is 22.1. The van der Waals surface area contributed by atoms with E-state index in [1.165, 1.54) is 0 Å². The molecule has 4 rings (SSSR count). The number of esters is 1. The second-order valence-electron chi connectivity index (χ2n) is 8.11. The molecule has 1 aliphatic carbocycles. The maximum Gasteiger partial charge on any atom is 0.309 e. The topological polar surface area (TPSA) is 85.2 Å². The number of ether oxygens (including phenoxy) is 3. The van der Waals surface area contributed by atoms with Gasteiger partial charge >= 0.3 is 5.97 Å². The van der Waals surface area contributed by atoms with Gasteiger partial charge in [0.25, 0.3) is 0 Å². The number of carbonyl (C=O) groups excluding carboxylic acids is 1. The van der Waals surface area contributed by atoms with E-state index in [0.29, 0.717) is 13.0 Å². The van der Waals surface area contributed by atoms with Crippen LogP contribution in [0, 0.1) is 0 Å². The molecule has 2 N–H and O–H groups in total. The second-order valence-corrected chi connectivity index (χ2v) is 8.11. The number of rotatable bonds is 6. The lowest BCUT2D eigenvalue weighted by Crippen LogP contribution is -2.31. The van der Waals surface area contributed by atoms with Gasteiger partial charge in [-0.05, 0) is 68.5 Å². The van der Waals surface area contributed by atoms with Crippen molar-refractivity contribution in [1.29, 1.82) is 0 Å². The zero-order valence-corrected chi connectivity index (χ0v) is 18.2. The van der Waals surface area contributed by atoms with Gasteiger partial charge in [-0.1, -0.05) is 24.3 Å². The summed E-state index contributed by atoms with van der Waals surface area (Å²) >= 11 is 0. The van der Waals surface area contributed by atoms with Crippen molar-refractivity contribution < 1.29 is 29.2 Å². The van der Waals surface area contributed by atoms with E-state index in [9.17, 15) is 15.0 Å². The summed E-state index contributed by atoms with van der Waals surface area (Å²) in [4.78, 5) is 9.68. The first-order valence-corrected chi connectivity index (χ1v) is 11.0. The molecule has 168 valence electrons. The zero-order valence-electron chi connectivity index (χ0n) is 18.2. The molecule has 6 nitrogen and oxygen atoms in total. The van der Waals surface area contributed by atoms with Gasteiger partial charge in [-0.15, -0.1) is 0 Å². The van der Waals surface area contributed by atoms with Crippen LogP contribution in [0.1, 0.15) is 69.3 Å². The predicted molar refractivity (Wildman–Crippen MR) is 117 cm³/mol. The Balaban J connectivity index is 0.000000478. The highest BCUT2D eigenvalue weighted by Crippen LogP contribution is 2.28. The van der Waals surface area contributed by atoms with E-state index in [4.69, 9.17) is 9.47 Å². The number of aliphatic hydroxyl groups excluding tert-OH is 2. The first-order valence-electron chi connectivity index (χ1n) is 11.0. The Hall–Kier alpha value is -2.57. The Labute approximate surface area is 183 Å². The molecule has 1 aliphatic heterocycles. The van der Waals surface area contributed by atoms with Gasteiger partial charge in [0.15, 0.2) is 0 Å². The van der Waals surface area contributed by atoms with Crippen LogP contribution in [-0.2, 0) is 9.53 Å². The maximum absolute atomic E-state index is 9.68. The van der Waals surface area contributed by atoms with Gasteiger partial charge in [-0.3, -0.25) is 4.79 Å². The standard InChI is InChI=1S/C22H28O4.C3H4O2/c1-15(23)17-6-10-19(11-7-17)25-21-4-3-5-22(14-21)26-20-12-8-18(9-13-20)16(2)24;4-3-1-2-5-3/h6-13,15-16,21-24H,3-5,14H2,1-2H3;1-2H2. The second kappa shape index (κ2) is 11.2. The summed E-state index contributed by atoms with van der Waals surface area (Å²) in [6.45, 7) is 4.15. The number of benzene rings is 2. The van der Waals surface area contributed by atoms with Crippen LogP contribution >= 0.6 is 0 Å². The highest BCUT2D eigenvalue weighted by Gasteiger charge is 2.25. The molecule has 2 aromatic rings. The van der Waals surface area contributed by atoms with Crippen molar-refractivity contribution in [2.24, 2.45) is 0 Å². The fourth-order valence-corrected chi connectivity index (χ4v) is 3.54. The molecule has 31 heavy (non-hydrogen) atoms. The van der Waals surface area contributed by atoms with Gasteiger partial charge in [-0.25, -0.2) is 0 Å². The monoisotopic (exact) mass is 428 g/mol. The maximum atomic E-state index is 9.68. The molecule has 1 heterocycles. The Morgan fingerprint density at radius 3 is 1.52 bits per heavy atom. The molecule has 2 aromatic carbocycles. The molecule has 1 saturated heterocycles. The molecule has 2 fully saturated rings. The average molecular weight is 429 g/mol. The largest absolute Gasteiger partial charge is 0.490 e. The van der Waals surface area contributed by atoms with Crippen LogP contribution in [-0.4, -0.2) is 35.0 Å². The van der Waals surface area contributed by atoms with Crippen molar-refractivity contribution in [1.82, 2.24) is 0 Å². The fourth-order valence-electron chi connectivity index (χ4n) is 3.54. The molecule has 1 saturated carbocycles. The van der Waals surface area contributed by atoms with Crippen molar-refractivity contribution in [2.45, 2.75) is 70.4 Å². The van der Waals surface area contributed by atoms with E-state index >= 15 is 0 Å². The van der Waals surface area contributed by atoms with E-state index < -0.39 is 12.2 Å². The van der Waals surface area contributed by atoms with Gasteiger partial charge in [0.2, 0.25) is 0 Å². The molecule has 0 bridgehead atoms. The highest BCUT2D eigenvalue weighted by molar-refractivity contribution is 5.73. The summed E-state index contributed by atoms with van der Waals surface area (Å²) in [7, 11) is 0. The summed E-state index contributed by atoms with van der Waals surface area (Å²) in [6.07, 6.45) is 3.97. The molecule has 0 radical (unpaired) electrons. The van der Waals surface area contributed by atoms with Crippen LogP contribution in [0.2, 0.25) is 0 Å². The third-order valence-electron chi connectivity index (χ3n) is 5.48. The quantitative estimate of drug-likeness (QED) is 0.659. The van der Waals surface area contributed by atoms with Gasteiger partial charge in [0.1, 0.15) is 30.3 Å². The molecule has 6 heteroatoms. The van der Waals surface area contributed by atoms with Crippen LogP contribution in [0.5, 0.6) is 11.5 Å². The van der Waals surface area contributed by atoms with Gasteiger partial charge in [-0.2, -0.15) is 0 Å². The minimum absolute atomic E-state index is 0.0648. The third-order valence-corrected chi connectivity index (χ3v) is 5.48. The Kier molecular flexibility index (Phi) is 8.32. The van der Waals surface area contributed by atoms with E-state index in [1.54, 1.807) is 13.8 Å². The lowest BCUT2D eigenvalue weighted by Gasteiger charge is -2.30. The summed E-state index contributed by atoms with van der Waals surface area (Å²) < 4.78 is 16.5. The predicted octanol–water partition coefficient (Wildman–Crippen LogP) is 4.50. The molecule has 4 atom stereocenters. The average Bonchev–Trinajstić information content (AvgIpc) is 2.74. The zero-order chi connectivity index (χ0) is 22.2. The van der Waals surface area contributed by atoms with Crippen LogP contribution < -0.4 is 9.47 Å². The summed E-state index contributed by atoms with van der Waals surface area (Å²) in [5, 5.41) is 19.2. The molecule has 0 aromatic heterocycles. The van der Waals surface area contributed by atoms with E-state index in [2.05, 4.69) is 4.74 Å². The third kappa shape index (κ3) is 7.26.